The molecule has 1 heterocycles. The van der Waals surface area contributed by atoms with E-state index in [-0.39, 0.29) is 0 Å². The Morgan fingerprint density at radius 1 is 1.16 bits per heavy atom. The number of nitrogens with one attached hydrogen (secondary N) is 1. The molecule has 0 aliphatic rings. The fourth-order valence-electron chi connectivity index (χ4n) is 1.60. The summed E-state index contributed by atoms with van der Waals surface area (Å²) in [7, 11) is 0. The van der Waals surface area contributed by atoms with Crippen molar-refractivity contribution in [3.63, 3.8) is 0 Å². The van der Waals surface area contributed by atoms with E-state index >= 15 is 0 Å². The molecule has 0 saturated heterocycles. The predicted octanol–water partition coefficient (Wildman–Crippen LogP) is 3.42. The Hall–Kier alpha value is -1.58. The summed E-state index contributed by atoms with van der Waals surface area (Å²) in [5.74, 6) is 0.794. The van der Waals surface area contributed by atoms with Crippen LogP contribution < -0.4 is 10.1 Å². The summed E-state index contributed by atoms with van der Waals surface area (Å²) in [6.07, 6.45) is 1.88. The van der Waals surface area contributed by atoms with Crippen LogP contribution >= 0.6 is 11.6 Å². The number of hydrogen-bond donors (Lipinski definition) is 1. The third kappa shape index (κ3) is 4.54. The third-order valence-electron chi connectivity index (χ3n) is 2.67. The van der Waals surface area contributed by atoms with Crippen molar-refractivity contribution < 1.29 is 4.74 Å². The minimum Gasteiger partial charge on any atom is -0.487 e. The van der Waals surface area contributed by atoms with Crippen LogP contribution in [0.3, 0.4) is 0 Å². The van der Waals surface area contributed by atoms with E-state index in [1.807, 2.05) is 36.5 Å². The van der Waals surface area contributed by atoms with Gasteiger partial charge in [0.25, 0.3) is 0 Å². The lowest BCUT2D eigenvalue weighted by molar-refractivity contribution is 0.301. The van der Waals surface area contributed by atoms with Crippen molar-refractivity contribution in [2.75, 3.05) is 6.54 Å². The average molecular weight is 277 g/mol. The third-order valence-corrected chi connectivity index (χ3v) is 2.92. The van der Waals surface area contributed by atoms with Crippen LogP contribution in [0, 0.1) is 0 Å². The topological polar surface area (TPSA) is 34.1 Å². The number of halogens is 1. The van der Waals surface area contributed by atoms with Crippen LogP contribution in [0.25, 0.3) is 0 Å². The van der Waals surface area contributed by atoms with Crippen LogP contribution in [-0.2, 0) is 13.2 Å². The molecule has 19 heavy (non-hydrogen) atoms. The van der Waals surface area contributed by atoms with Gasteiger partial charge in [-0.2, -0.15) is 0 Å². The zero-order chi connectivity index (χ0) is 13.5. The molecule has 1 aromatic heterocycles. The number of pyridine rings is 1. The second-order valence-corrected chi connectivity index (χ2v) is 4.62. The van der Waals surface area contributed by atoms with Gasteiger partial charge in [-0.25, -0.2) is 0 Å². The molecule has 0 aliphatic heterocycles. The molecule has 0 amide bonds. The summed E-state index contributed by atoms with van der Waals surface area (Å²) in [5, 5.41) is 3.97. The standard InChI is InChI=1S/C15H17ClN2O/c1-2-17-9-12-3-6-14(18-10-12)11-19-15-7-4-13(16)5-8-15/h3-8,10,17H,2,9,11H2,1H3. The summed E-state index contributed by atoms with van der Waals surface area (Å²) in [4.78, 5) is 4.37. The monoisotopic (exact) mass is 276 g/mol. The van der Waals surface area contributed by atoms with Crippen LogP contribution in [0.15, 0.2) is 42.6 Å². The van der Waals surface area contributed by atoms with Crippen molar-refractivity contribution in [2.24, 2.45) is 0 Å². The van der Waals surface area contributed by atoms with Gasteiger partial charge in [0, 0.05) is 17.8 Å². The van der Waals surface area contributed by atoms with E-state index in [0.29, 0.717) is 11.6 Å². The Morgan fingerprint density at radius 2 is 1.95 bits per heavy atom. The van der Waals surface area contributed by atoms with Crippen molar-refractivity contribution in [1.29, 1.82) is 0 Å². The highest BCUT2D eigenvalue weighted by molar-refractivity contribution is 6.30. The maximum absolute atomic E-state index is 5.81. The highest BCUT2D eigenvalue weighted by Gasteiger charge is 1.98. The highest BCUT2D eigenvalue weighted by atomic mass is 35.5. The van der Waals surface area contributed by atoms with Crippen LogP contribution in [0.2, 0.25) is 5.02 Å². The van der Waals surface area contributed by atoms with Gasteiger partial charge < -0.3 is 10.1 Å². The fourth-order valence-corrected chi connectivity index (χ4v) is 1.73. The fraction of sp³-hybridized carbons (Fsp3) is 0.267. The molecule has 0 saturated carbocycles. The lowest BCUT2D eigenvalue weighted by Gasteiger charge is -2.07. The van der Waals surface area contributed by atoms with Crippen molar-refractivity contribution >= 4 is 11.6 Å². The van der Waals surface area contributed by atoms with Gasteiger partial charge in [0.05, 0.1) is 5.69 Å². The largest absolute Gasteiger partial charge is 0.487 e. The number of benzene rings is 1. The first kappa shape index (κ1) is 13.8. The molecule has 0 radical (unpaired) electrons. The molecule has 0 spiro atoms. The summed E-state index contributed by atoms with van der Waals surface area (Å²) in [5.41, 5.74) is 2.09. The van der Waals surface area contributed by atoms with Crippen LogP contribution in [0.4, 0.5) is 0 Å². The molecule has 2 rings (SSSR count). The number of rotatable bonds is 6. The number of nitrogens with zero attached hydrogens (tertiary/aromatic N) is 1. The van der Waals surface area contributed by atoms with E-state index in [1.165, 1.54) is 5.56 Å². The van der Waals surface area contributed by atoms with Gasteiger partial charge in [-0.3, -0.25) is 4.98 Å². The minimum atomic E-state index is 0.461. The second-order valence-electron chi connectivity index (χ2n) is 4.18. The lowest BCUT2D eigenvalue weighted by Crippen LogP contribution is -2.12. The van der Waals surface area contributed by atoms with Crippen molar-refractivity contribution in [3.05, 3.63) is 58.9 Å². The van der Waals surface area contributed by atoms with Gasteiger partial charge in [0.15, 0.2) is 0 Å². The Balaban J connectivity index is 1.87. The molecule has 0 aliphatic carbocycles. The van der Waals surface area contributed by atoms with Gasteiger partial charge >= 0.3 is 0 Å². The van der Waals surface area contributed by atoms with E-state index in [1.54, 1.807) is 0 Å². The molecular weight excluding hydrogens is 260 g/mol. The summed E-state index contributed by atoms with van der Waals surface area (Å²) in [6.45, 7) is 4.36. The Morgan fingerprint density at radius 3 is 2.58 bits per heavy atom. The molecule has 0 bridgehead atoms. The molecule has 2 aromatic rings. The summed E-state index contributed by atoms with van der Waals surface area (Å²) < 4.78 is 5.63. The number of hydrogen-bond acceptors (Lipinski definition) is 3. The smallest absolute Gasteiger partial charge is 0.130 e. The molecule has 4 heteroatoms. The van der Waals surface area contributed by atoms with Gasteiger partial charge in [0.2, 0.25) is 0 Å². The maximum Gasteiger partial charge on any atom is 0.130 e. The van der Waals surface area contributed by atoms with Gasteiger partial charge in [-0.05, 0) is 42.4 Å². The minimum absolute atomic E-state index is 0.461. The molecule has 1 aromatic carbocycles. The van der Waals surface area contributed by atoms with Crippen LogP contribution in [0.5, 0.6) is 5.75 Å². The Labute approximate surface area is 118 Å². The summed E-state index contributed by atoms with van der Waals surface area (Å²) in [6, 6.07) is 11.4. The van der Waals surface area contributed by atoms with E-state index in [2.05, 4.69) is 23.3 Å². The van der Waals surface area contributed by atoms with Crippen molar-refractivity contribution in [1.82, 2.24) is 10.3 Å². The lowest BCUT2D eigenvalue weighted by atomic mass is 10.2. The molecule has 1 N–H and O–H groups in total. The maximum atomic E-state index is 5.81. The van der Waals surface area contributed by atoms with E-state index in [9.17, 15) is 0 Å². The molecular formula is C15H17ClN2O. The van der Waals surface area contributed by atoms with Crippen LogP contribution in [0.1, 0.15) is 18.2 Å². The molecule has 100 valence electrons. The Kier molecular flexibility index (Phi) is 5.19. The first-order valence-electron chi connectivity index (χ1n) is 6.31. The quantitative estimate of drug-likeness (QED) is 0.878. The molecule has 0 unspecified atom stereocenters. The normalized spacial score (nSPS) is 10.4. The number of aromatic nitrogens is 1. The number of ether oxygens (including phenoxy) is 1. The second kappa shape index (κ2) is 7.12. The van der Waals surface area contributed by atoms with Gasteiger partial charge in [-0.1, -0.05) is 24.6 Å². The van der Waals surface area contributed by atoms with E-state index < -0.39 is 0 Å². The van der Waals surface area contributed by atoms with Crippen LogP contribution in [-0.4, -0.2) is 11.5 Å². The zero-order valence-electron chi connectivity index (χ0n) is 10.9. The van der Waals surface area contributed by atoms with Crippen molar-refractivity contribution in [3.8, 4) is 5.75 Å². The van der Waals surface area contributed by atoms with E-state index in [4.69, 9.17) is 16.3 Å². The average Bonchev–Trinajstić information content (AvgIpc) is 2.46. The zero-order valence-corrected chi connectivity index (χ0v) is 11.7. The highest BCUT2D eigenvalue weighted by Crippen LogP contribution is 2.16. The summed E-state index contributed by atoms with van der Waals surface area (Å²) >= 11 is 5.81. The SMILES string of the molecule is CCNCc1ccc(COc2ccc(Cl)cc2)nc1. The molecule has 3 nitrogen and oxygen atoms in total. The van der Waals surface area contributed by atoms with Crippen molar-refractivity contribution in [2.45, 2.75) is 20.1 Å². The Bertz CT molecular complexity index is 497. The van der Waals surface area contributed by atoms with E-state index in [0.717, 1.165) is 24.5 Å². The van der Waals surface area contributed by atoms with Gasteiger partial charge in [-0.15, -0.1) is 0 Å². The predicted molar refractivity (Wildman–Crippen MR) is 77.4 cm³/mol. The molecule has 0 atom stereocenters. The molecule has 0 fully saturated rings. The first-order chi connectivity index (χ1) is 9.28. The van der Waals surface area contributed by atoms with Gasteiger partial charge in [0.1, 0.15) is 12.4 Å². The first-order valence-corrected chi connectivity index (χ1v) is 6.68.